The van der Waals surface area contributed by atoms with E-state index in [1.807, 2.05) is 31.2 Å². The Morgan fingerprint density at radius 3 is 2.44 bits per heavy atom. The van der Waals surface area contributed by atoms with Crippen molar-refractivity contribution >= 4 is 62.4 Å². The van der Waals surface area contributed by atoms with Gasteiger partial charge in [-0.1, -0.05) is 58.4 Å². The SMILES string of the molecule is C=C(C)C(=O)OCCNC(=O)Nc1cc(Br)ccc1Nc1ccc(C(=O)c2ccccc2C)c(Cl)c1. The highest BCUT2D eigenvalue weighted by Crippen LogP contribution is 2.31. The number of esters is 1. The van der Waals surface area contributed by atoms with E-state index in [2.05, 4.69) is 38.5 Å². The Balaban J connectivity index is 1.69. The second kappa shape index (κ2) is 12.4. The molecule has 2 amide bonds. The standard InChI is InChI=1S/C27H25BrClN3O4/c1-16(2)26(34)36-13-12-30-27(35)32-24-14-18(28)8-11-23(24)31-19-9-10-21(22(29)15-19)25(33)20-7-5-4-6-17(20)3/h4-11,14-15,31H,1,12-13H2,2-3H3,(H2,30,32,35). The van der Waals surface area contributed by atoms with Crippen LogP contribution in [0.3, 0.4) is 0 Å². The first-order valence-electron chi connectivity index (χ1n) is 11.0. The number of nitrogens with one attached hydrogen (secondary N) is 3. The number of carbonyl (C=O) groups excluding carboxylic acids is 3. The fourth-order valence-corrected chi connectivity index (χ4v) is 3.86. The van der Waals surface area contributed by atoms with Crippen LogP contribution in [0.25, 0.3) is 0 Å². The molecule has 7 nitrogen and oxygen atoms in total. The number of rotatable bonds is 9. The van der Waals surface area contributed by atoms with Gasteiger partial charge in [-0.3, -0.25) is 4.79 Å². The molecule has 0 aliphatic rings. The molecule has 36 heavy (non-hydrogen) atoms. The largest absolute Gasteiger partial charge is 0.460 e. The maximum Gasteiger partial charge on any atom is 0.333 e. The third kappa shape index (κ3) is 7.19. The summed E-state index contributed by atoms with van der Waals surface area (Å²) in [5, 5.41) is 8.92. The van der Waals surface area contributed by atoms with Gasteiger partial charge in [-0.2, -0.15) is 0 Å². The summed E-state index contributed by atoms with van der Waals surface area (Å²) in [5.41, 5.74) is 3.90. The van der Waals surface area contributed by atoms with Gasteiger partial charge in [0.05, 0.1) is 22.9 Å². The predicted molar refractivity (Wildman–Crippen MR) is 146 cm³/mol. The van der Waals surface area contributed by atoms with Crippen LogP contribution in [0.2, 0.25) is 5.02 Å². The fraction of sp³-hybridized carbons (Fsp3) is 0.148. The zero-order valence-electron chi connectivity index (χ0n) is 19.8. The molecule has 0 saturated carbocycles. The maximum absolute atomic E-state index is 13.0. The summed E-state index contributed by atoms with van der Waals surface area (Å²) in [6, 6.07) is 17.3. The van der Waals surface area contributed by atoms with Crippen LogP contribution in [-0.2, 0) is 9.53 Å². The summed E-state index contributed by atoms with van der Waals surface area (Å²) < 4.78 is 5.72. The smallest absolute Gasteiger partial charge is 0.333 e. The molecule has 0 atom stereocenters. The molecule has 0 heterocycles. The van der Waals surface area contributed by atoms with Crippen LogP contribution in [0, 0.1) is 6.92 Å². The molecule has 0 bridgehead atoms. The molecule has 0 aromatic heterocycles. The third-order valence-electron chi connectivity index (χ3n) is 5.08. The van der Waals surface area contributed by atoms with Gasteiger partial charge in [0.2, 0.25) is 0 Å². The lowest BCUT2D eigenvalue weighted by Gasteiger charge is -2.15. The van der Waals surface area contributed by atoms with E-state index in [-0.39, 0.29) is 24.5 Å². The number of halogens is 2. The van der Waals surface area contributed by atoms with E-state index in [9.17, 15) is 14.4 Å². The highest BCUT2D eigenvalue weighted by atomic mass is 79.9. The summed E-state index contributed by atoms with van der Waals surface area (Å²) in [4.78, 5) is 36.7. The van der Waals surface area contributed by atoms with Gasteiger partial charge in [0, 0.05) is 26.9 Å². The first kappa shape index (κ1) is 27.0. The Morgan fingerprint density at radius 1 is 1.00 bits per heavy atom. The summed E-state index contributed by atoms with van der Waals surface area (Å²) in [6.07, 6.45) is 0. The molecular weight excluding hydrogens is 546 g/mol. The lowest BCUT2D eigenvalue weighted by Crippen LogP contribution is -2.32. The summed E-state index contributed by atoms with van der Waals surface area (Å²) in [7, 11) is 0. The Bertz CT molecular complexity index is 1330. The predicted octanol–water partition coefficient (Wildman–Crippen LogP) is 6.63. The van der Waals surface area contributed by atoms with Crippen molar-refractivity contribution in [2.45, 2.75) is 13.8 Å². The van der Waals surface area contributed by atoms with Crippen molar-refractivity contribution in [3.63, 3.8) is 0 Å². The van der Waals surface area contributed by atoms with Crippen LogP contribution in [-0.4, -0.2) is 30.9 Å². The van der Waals surface area contributed by atoms with Gasteiger partial charge < -0.3 is 20.7 Å². The van der Waals surface area contributed by atoms with E-state index in [1.54, 1.807) is 43.3 Å². The molecule has 0 radical (unpaired) electrons. The molecule has 3 aromatic rings. The molecular formula is C27H25BrClN3O4. The highest BCUT2D eigenvalue weighted by molar-refractivity contribution is 9.10. The molecule has 0 fully saturated rings. The minimum atomic E-state index is -0.513. The van der Waals surface area contributed by atoms with Crippen LogP contribution < -0.4 is 16.0 Å². The van der Waals surface area contributed by atoms with Crippen molar-refractivity contribution in [2.75, 3.05) is 23.8 Å². The van der Waals surface area contributed by atoms with Crippen LogP contribution >= 0.6 is 27.5 Å². The van der Waals surface area contributed by atoms with Gasteiger partial charge in [0.25, 0.3) is 0 Å². The number of ketones is 1. The number of amides is 2. The van der Waals surface area contributed by atoms with E-state index in [4.69, 9.17) is 16.3 Å². The topological polar surface area (TPSA) is 96.5 Å². The maximum atomic E-state index is 13.0. The molecule has 0 saturated heterocycles. The second-order valence-electron chi connectivity index (χ2n) is 7.95. The Morgan fingerprint density at radius 2 is 1.75 bits per heavy atom. The van der Waals surface area contributed by atoms with E-state index < -0.39 is 12.0 Å². The number of anilines is 3. The van der Waals surface area contributed by atoms with Crippen molar-refractivity contribution in [2.24, 2.45) is 0 Å². The van der Waals surface area contributed by atoms with Gasteiger partial charge in [0.15, 0.2) is 5.78 Å². The number of urea groups is 1. The van der Waals surface area contributed by atoms with Crippen molar-refractivity contribution in [1.82, 2.24) is 5.32 Å². The highest BCUT2D eigenvalue weighted by Gasteiger charge is 2.16. The lowest BCUT2D eigenvalue weighted by atomic mass is 9.99. The molecule has 3 rings (SSSR count). The quantitative estimate of drug-likeness (QED) is 0.116. The van der Waals surface area contributed by atoms with Gasteiger partial charge in [-0.25, -0.2) is 9.59 Å². The first-order valence-corrected chi connectivity index (χ1v) is 12.2. The van der Waals surface area contributed by atoms with Crippen LogP contribution in [0.15, 0.2) is 77.3 Å². The molecule has 9 heteroatoms. The van der Waals surface area contributed by atoms with Crippen LogP contribution in [0.4, 0.5) is 21.9 Å². The van der Waals surface area contributed by atoms with Gasteiger partial charge in [0.1, 0.15) is 6.61 Å². The van der Waals surface area contributed by atoms with Gasteiger partial charge >= 0.3 is 12.0 Å². The van der Waals surface area contributed by atoms with Crippen molar-refractivity contribution < 1.29 is 19.1 Å². The van der Waals surface area contributed by atoms with Gasteiger partial charge in [-0.15, -0.1) is 0 Å². The minimum absolute atomic E-state index is 0.0226. The summed E-state index contributed by atoms with van der Waals surface area (Å²) >= 11 is 9.87. The number of ether oxygens (including phenoxy) is 1. The molecule has 3 N–H and O–H groups in total. The average molecular weight is 571 g/mol. The molecule has 0 aliphatic heterocycles. The zero-order valence-corrected chi connectivity index (χ0v) is 22.1. The average Bonchev–Trinajstić information content (AvgIpc) is 2.83. The lowest BCUT2D eigenvalue weighted by molar-refractivity contribution is -0.138. The van der Waals surface area contributed by atoms with Crippen molar-refractivity contribution in [1.29, 1.82) is 0 Å². The number of carbonyl (C=O) groups is 3. The van der Waals surface area contributed by atoms with E-state index >= 15 is 0 Å². The van der Waals surface area contributed by atoms with Crippen LogP contribution in [0.5, 0.6) is 0 Å². The number of hydrogen-bond donors (Lipinski definition) is 3. The molecule has 0 spiro atoms. The van der Waals surface area contributed by atoms with Crippen molar-refractivity contribution in [3.8, 4) is 0 Å². The Labute approximate surface area is 223 Å². The van der Waals surface area contributed by atoms with E-state index in [0.29, 0.717) is 33.2 Å². The number of aryl methyl sites for hydroxylation is 1. The summed E-state index contributed by atoms with van der Waals surface area (Å²) in [5.74, 6) is -0.665. The molecule has 3 aromatic carbocycles. The summed E-state index contributed by atoms with van der Waals surface area (Å²) in [6.45, 7) is 7.09. The normalized spacial score (nSPS) is 10.3. The molecule has 186 valence electrons. The van der Waals surface area contributed by atoms with Crippen molar-refractivity contribution in [3.05, 3.63) is 99.0 Å². The van der Waals surface area contributed by atoms with E-state index in [0.717, 1.165) is 10.0 Å². The zero-order chi connectivity index (χ0) is 26.2. The number of hydrogen-bond acceptors (Lipinski definition) is 5. The Hall–Kier alpha value is -3.62. The second-order valence-corrected chi connectivity index (χ2v) is 9.27. The monoisotopic (exact) mass is 569 g/mol. The van der Waals surface area contributed by atoms with Gasteiger partial charge in [-0.05, 0) is 55.8 Å². The van der Waals surface area contributed by atoms with E-state index in [1.165, 1.54) is 0 Å². The molecule has 0 aliphatic carbocycles. The Kier molecular flexibility index (Phi) is 9.27. The third-order valence-corrected chi connectivity index (χ3v) is 5.89. The first-order chi connectivity index (χ1) is 17.2. The molecule has 0 unspecified atom stereocenters. The minimum Gasteiger partial charge on any atom is -0.460 e. The fourth-order valence-electron chi connectivity index (χ4n) is 3.23. The number of benzene rings is 3. The van der Waals surface area contributed by atoms with Crippen LogP contribution in [0.1, 0.15) is 28.4 Å².